The fraction of sp³-hybridized carbons (Fsp3) is 0.500. The van der Waals surface area contributed by atoms with Crippen LogP contribution in [0.25, 0.3) is 0 Å². The van der Waals surface area contributed by atoms with Crippen LogP contribution < -0.4 is 5.32 Å². The quantitative estimate of drug-likeness (QED) is 0.919. The molecule has 2 aromatic rings. The van der Waals surface area contributed by atoms with E-state index in [0.29, 0.717) is 10.8 Å². The SMILES string of the molecule is Cc1cnc(NC(=O)[C@H](C)n2nc(C(F)(F)F)cc2C2CC2)s1. The number of carbonyl (C=O) groups excluding carboxylic acids is 1. The van der Waals surface area contributed by atoms with Gasteiger partial charge in [-0.15, -0.1) is 11.3 Å². The summed E-state index contributed by atoms with van der Waals surface area (Å²) >= 11 is 1.31. The Morgan fingerprint density at radius 2 is 2.17 bits per heavy atom. The molecule has 1 aliphatic carbocycles. The van der Waals surface area contributed by atoms with Gasteiger partial charge in [-0.3, -0.25) is 9.48 Å². The first-order valence-corrected chi connectivity index (χ1v) is 7.97. The highest BCUT2D eigenvalue weighted by Gasteiger charge is 2.39. The highest BCUT2D eigenvalue weighted by atomic mass is 32.1. The normalized spacial score (nSPS) is 16.4. The van der Waals surface area contributed by atoms with Crippen LogP contribution in [0.1, 0.15) is 48.0 Å². The zero-order valence-electron chi connectivity index (χ0n) is 12.5. The van der Waals surface area contributed by atoms with Crippen LogP contribution in [0.2, 0.25) is 0 Å². The topological polar surface area (TPSA) is 59.8 Å². The second kappa shape index (κ2) is 5.63. The van der Waals surface area contributed by atoms with Gasteiger partial charge in [0.25, 0.3) is 5.91 Å². The van der Waals surface area contributed by atoms with Crippen LogP contribution >= 0.6 is 11.3 Å². The van der Waals surface area contributed by atoms with E-state index < -0.39 is 23.8 Å². The number of aromatic nitrogens is 3. The molecule has 1 atom stereocenters. The Balaban J connectivity index is 1.84. The first-order valence-electron chi connectivity index (χ1n) is 7.15. The number of thiazole rings is 1. The number of carbonyl (C=O) groups is 1. The van der Waals surface area contributed by atoms with E-state index in [1.54, 1.807) is 6.20 Å². The Morgan fingerprint density at radius 1 is 1.48 bits per heavy atom. The molecule has 1 aliphatic rings. The van der Waals surface area contributed by atoms with Crippen molar-refractivity contribution < 1.29 is 18.0 Å². The van der Waals surface area contributed by atoms with Crippen LogP contribution in [0.5, 0.6) is 0 Å². The molecule has 3 rings (SSSR count). The van der Waals surface area contributed by atoms with Crippen molar-refractivity contribution in [2.45, 2.75) is 44.8 Å². The van der Waals surface area contributed by atoms with Crippen molar-refractivity contribution in [1.82, 2.24) is 14.8 Å². The van der Waals surface area contributed by atoms with Crippen LogP contribution in [0.3, 0.4) is 0 Å². The van der Waals surface area contributed by atoms with Crippen LogP contribution in [0.4, 0.5) is 18.3 Å². The van der Waals surface area contributed by atoms with E-state index in [-0.39, 0.29) is 5.92 Å². The number of hydrogen-bond acceptors (Lipinski definition) is 4. The number of anilines is 1. The summed E-state index contributed by atoms with van der Waals surface area (Å²) in [6.07, 6.45) is -1.25. The van der Waals surface area contributed by atoms with Crippen molar-refractivity contribution in [2.24, 2.45) is 0 Å². The number of hydrogen-bond donors (Lipinski definition) is 1. The van der Waals surface area contributed by atoms with Crippen LogP contribution in [0.15, 0.2) is 12.3 Å². The van der Waals surface area contributed by atoms with Gasteiger partial charge < -0.3 is 5.32 Å². The molecular formula is C14H15F3N4OS. The summed E-state index contributed by atoms with van der Waals surface area (Å²) in [6.45, 7) is 3.39. The number of halogens is 3. The molecule has 0 spiro atoms. The highest BCUT2D eigenvalue weighted by Crippen LogP contribution is 2.43. The van der Waals surface area contributed by atoms with Crippen LogP contribution in [-0.4, -0.2) is 20.7 Å². The molecule has 1 N–H and O–H groups in total. The van der Waals surface area contributed by atoms with Gasteiger partial charge in [-0.1, -0.05) is 0 Å². The minimum absolute atomic E-state index is 0.0518. The van der Waals surface area contributed by atoms with Crippen LogP contribution in [-0.2, 0) is 11.0 Å². The van der Waals surface area contributed by atoms with E-state index in [1.807, 2.05) is 6.92 Å². The lowest BCUT2D eigenvalue weighted by Gasteiger charge is -2.14. The molecule has 0 aromatic carbocycles. The zero-order chi connectivity index (χ0) is 16.8. The van der Waals surface area contributed by atoms with Gasteiger partial charge in [0, 0.05) is 22.7 Å². The van der Waals surface area contributed by atoms with Crippen molar-refractivity contribution >= 4 is 22.4 Å². The lowest BCUT2D eigenvalue weighted by atomic mass is 10.2. The van der Waals surface area contributed by atoms with E-state index in [4.69, 9.17) is 0 Å². The standard InChI is InChI=1S/C14H15F3N4OS/c1-7-6-18-13(23-7)19-12(22)8(2)21-10(9-3-4-9)5-11(20-21)14(15,16)17/h5-6,8-9H,3-4H2,1-2H3,(H,18,19,22)/t8-/m0/s1. The molecule has 1 amide bonds. The average molecular weight is 344 g/mol. The predicted octanol–water partition coefficient (Wildman–Crippen LogP) is 3.74. The molecule has 0 unspecified atom stereocenters. The molecule has 5 nitrogen and oxygen atoms in total. The average Bonchev–Trinajstić information content (AvgIpc) is 3.07. The maximum atomic E-state index is 12.9. The van der Waals surface area contributed by atoms with Gasteiger partial charge in [-0.25, -0.2) is 4.98 Å². The fourth-order valence-corrected chi connectivity index (χ4v) is 2.94. The largest absolute Gasteiger partial charge is 0.435 e. The van der Waals surface area contributed by atoms with Crippen LogP contribution in [0, 0.1) is 6.92 Å². The molecule has 0 bridgehead atoms. The van der Waals surface area contributed by atoms with E-state index in [1.165, 1.54) is 22.9 Å². The number of nitrogens with zero attached hydrogens (tertiary/aromatic N) is 3. The van der Waals surface area contributed by atoms with Crippen molar-refractivity contribution in [2.75, 3.05) is 5.32 Å². The summed E-state index contributed by atoms with van der Waals surface area (Å²) in [7, 11) is 0. The lowest BCUT2D eigenvalue weighted by molar-refractivity contribution is -0.141. The first kappa shape index (κ1) is 16.0. The molecule has 124 valence electrons. The summed E-state index contributed by atoms with van der Waals surface area (Å²) in [5.74, 6) is -0.381. The maximum Gasteiger partial charge on any atom is 0.435 e. The number of aryl methyl sites for hydroxylation is 1. The molecule has 9 heteroatoms. The number of amides is 1. The highest BCUT2D eigenvalue weighted by molar-refractivity contribution is 7.15. The minimum Gasteiger partial charge on any atom is -0.300 e. The third-order valence-corrected chi connectivity index (χ3v) is 4.48. The number of rotatable bonds is 4. The first-order chi connectivity index (χ1) is 10.8. The lowest BCUT2D eigenvalue weighted by Crippen LogP contribution is -2.26. The summed E-state index contributed by atoms with van der Waals surface area (Å²) in [5.41, 5.74) is -0.487. The van der Waals surface area contributed by atoms with Crippen molar-refractivity contribution in [1.29, 1.82) is 0 Å². The molecule has 0 aliphatic heterocycles. The second-order valence-electron chi connectivity index (χ2n) is 5.61. The van der Waals surface area contributed by atoms with Gasteiger partial charge >= 0.3 is 6.18 Å². The Hall–Kier alpha value is -1.90. The minimum atomic E-state index is -4.52. The van der Waals surface area contributed by atoms with Gasteiger partial charge in [0.05, 0.1) is 0 Å². The molecule has 0 saturated heterocycles. The molecule has 1 fully saturated rings. The summed E-state index contributed by atoms with van der Waals surface area (Å²) in [5, 5.41) is 6.67. The zero-order valence-corrected chi connectivity index (χ0v) is 13.3. The fourth-order valence-electron chi connectivity index (χ4n) is 2.28. The van der Waals surface area contributed by atoms with Crippen molar-refractivity contribution in [3.05, 3.63) is 28.5 Å². The molecule has 23 heavy (non-hydrogen) atoms. The number of nitrogens with one attached hydrogen (secondary N) is 1. The molecule has 1 saturated carbocycles. The van der Waals surface area contributed by atoms with Gasteiger partial charge in [0.1, 0.15) is 6.04 Å². The molecular weight excluding hydrogens is 329 g/mol. The van der Waals surface area contributed by atoms with Gasteiger partial charge in [-0.05, 0) is 32.8 Å². The van der Waals surface area contributed by atoms with E-state index in [2.05, 4.69) is 15.4 Å². The van der Waals surface area contributed by atoms with Gasteiger partial charge in [0.15, 0.2) is 10.8 Å². The van der Waals surface area contributed by atoms with E-state index in [9.17, 15) is 18.0 Å². The van der Waals surface area contributed by atoms with E-state index >= 15 is 0 Å². The van der Waals surface area contributed by atoms with Gasteiger partial charge in [0.2, 0.25) is 0 Å². The monoisotopic (exact) mass is 344 g/mol. The van der Waals surface area contributed by atoms with Gasteiger partial charge in [-0.2, -0.15) is 18.3 Å². The Kier molecular flexibility index (Phi) is 3.91. The summed E-state index contributed by atoms with van der Waals surface area (Å²) < 4.78 is 39.9. The predicted molar refractivity (Wildman–Crippen MR) is 79.4 cm³/mol. The molecule has 2 aromatic heterocycles. The third-order valence-electron chi connectivity index (χ3n) is 3.65. The Bertz CT molecular complexity index is 733. The number of alkyl halides is 3. The van der Waals surface area contributed by atoms with E-state index in [0.717, 1.165) is 23.8 Å². The smallest absolute Gasteiger partial charge is 0.300 e. The Labute approximate surface area is 134 Å². The Morgan fingerprint density at radius 3 is 2.70 bits per heavy atom. The van der Waals surface area contributed by atoms with Crippen molar-refractivity contribution in [3.63, 3.8) is 0 Å². The third kappa shape index (κ3) is 3.39. The summed E-state index contributed by atoms with van der Waals surface area (Å²) in [4.78, 5) is 17.2. The molecule has 2 heterocycles. The molecule has 0 radical (unpaired) electrons. The second-order valence-corrected chi connectivity index (χ2v) is 6.85. The summed E-state index contributed by atoms with van der Waals surface area (Å²) in [6, 6.07) is 0.209. The van der Waals surface area contributed by atoms with Crippen molar-refractivity contribution in [3.8, 4) is 0 Å². The maximum absolute atomic E-state index is 12.9.